The third kappa shape index (κ3) is 5.01. The molecule has 0 fully saturated rings. The van der Waals surface area contributed by atoms with Crippen LogP contribution in [0.2, 0.25) is 10.0 Å². The molecule has 1 N–H and O–H groups in total. The lowest BCUT2D eigenvalue weighted by molar-refractivity contribution is 0.466. The van der Waals surface area contributed by atoms with E-state index in [1.54, 1.807) is 18.2 Å². The number of hydrogen-bond donors (Lipinski definition) is 1. The minimum atomic E-state index is -4.20. The standard InChI is InChI=1S/C19H16Cl2FN2O3S2/c1-3-11(2)13-6-12(20)4-5-16(13)27-17-8-15(22)18(7-14(17)21)29(25,26)24-19-9-28-10-23-19/h3-11,24H,1-2H3. The van der Waals surface area contributed by atoms with E-state index in [4.69, 9.17) is 27.9 Å². The minimum Gasteiger partial charge on any atom is -0.455 e. The molecular formula is C19H16Cl2FN2O3S2. The topological polar surface area (TPSA) is 68.3 Å². The highest BCUT2D eigenvalue weighted by molar-refractivity contribution is 7.92. The lowest BCUT2D eigenvalue weighted by atomic mass is 9.98. The molecule has 3 aromatic rings. The van der Waals surface area contributed by atoms with Crippen molar-refractivity contribution in [3.05, 3.63) is 69.1 Å². The Hall–Kier alpha value is -1.87. The van der Waals surface area contributed by atoms with Crippen molar-refractivity contribution in [1.29, 1.82) is 0 Å². The predicted octanol–water partition coefficient (Wildman–Crippen LogP) is 6.51. The summed E-state index contributed by atoms with van der Waals surface area (Å²) in [6.07, 6.45) is 1.96. The lowest BCUT2D eigenvalue weighted by Gasteiger charge is -2.17. The molecule has 0 saturated heterocycles. The number of hydrogen-bond acceptors (Lipinski definition) is 5. The normalized spacial score (nSPS) is 12.6. The molecule has 1 radical (unpaired) electrons. The van der Waals surface area contributed by atoms with Gasteiger partial charge >= 0.3 is 0 Å². The summed E-state index contributed by atoms with van der Waals surface area (Å²) < 4.78 is 47.6. The Bertz CT molecular complexity index is 1120. The number of ether oxygens (including phenoxy) is 1. The van der Waals surface area contributed by atoms with Crippen LogP contribution in [-0.4, -0.2) is 13.4 Å². The molecule has 0 aliphatic heterocycles. The second-order valence-corrected chi connectivity index (χ2v) is 9.31. The third-order valence-corrected chi connectivity index (χ3v) is 6.62. The summed E-state index contributed by atoms with van der Waals surface area (Å²) in [5.41, 5.74) is 2.25. The summed E-state index contributed by atoms with van der Waals surface area (Å²) in [7, 11) is -4.20. The molecule has 2 aromatic carbocycles. The average Bonchev–Trinajstić information content (AvgIpc) is 3.17. The van der Waals surface area contributed by atoms with Crippen LogP contribution in [0.25, 0.3) is 0 Å². The summed E-state index contributed by atoms with van der Waals surface area (Å²) in [6, 6.07) is 6.99. The van der Waals surface area contributed by atoms with E-state index < -0.39 is 20.7 Å². The van der Waals surface area contributed by atoms with Crippen molar-refractivity contribution in [2.24, 2.45) is 0 Å². The van der Waals surface area contributed by atoms with Crippen molar-refractivity contribution in [1.82, 2.24) is 4.98 Å². The highest BCUT2D eigenvalue weighted by Crippen LogP contribution is 2.38. The molecule has 10 heteroatoms. The van der Waals surface area contributed by atoms with Crippen molar-refractivity contribution in [2.75, 3.05) is 4.72 Å². The number of rotatable bonds is 7. The van der Waals surface area contributed by atoms with E-state index >= 15 is 0 Å². The highest BCUT2D eigenvalue weighted by atomic mass is 35.5. The maximum Gasteiger partial charge on any atom is 0.266 e. The fourth-order valence-electron chi connectivity index (χ4n) is 2.52. The van der Waals surface area contributed by atoms with Crippen LogP contribution in [0, 0.1) is 12.2 Å². The molecule has 29 heavy (non-hydrogen) atoms. The monoisotopic (exact) mass is 473 g/mol. The maximum atomic E-state index is 14.6. The summed E-state index contributed by atoms with van der Waals surface area (Å²) in [4.78, 5) is 3.23. The molecule has 1 aromatic heterocycles. The first-order valence-corrected chi connectivity index (χ1v) is 11.6. The number of aromatic nitrogens is 1. The quantitative estimate of drug-likeness (QED) is 0.424. The Balaban J connectivity index is 1.95. The Labute approximate surface area is 182 Å². The number of halogens is 3. The molecule has 0 aliphatic carbocycles. The first kappa shape index (κ1) is 21.8. The number of anilines is 1. The van der Waals surface area contributed by atoms with Gasteiger partial charge in [0.1, 0.15) is 22.2 Å². The first-order chi connectivity index (χ1) is 13.7. The molecule has 1 atom stereocenters. The molecule has 1 heterocycles. The van der Waals surface area contributed by atoms with Crippen LogP contribution in [0.4, 0.5) is 10.2 Å². The third-order valence-electron chi connectivity index (χ3n) is 4.13. The van der Waals surface area contributed by atoms with E-state index in [0.717, 1.165) is 17.7 Å². The predicted molar refractivity (Wildman–Crippen MR) is 114 cm³/mol. The molecule has 0 spiro atoms. The molecule has 153 valence electrons. The van der Waals surface area contributed by atoms with Gasteiger partial charge in [-0.15, -0.1) is 11.3 Å². The average molecular weight is 474 g/mol. The minimum absolute atomic E-state index is 0.0105. The van der Waals surface area contributed by atoms with Crippen LogP contribution in [0.1, 0.15) is 25.3 Å². The summed E-state index contributed by atoms with van der Waals surface area (Å²) in [6.45, 7) is 3.86. The molecular weight excluding hydrogens is 458 g/mol. The van der Waals surface area contributed by atoms with E-state index in [0.29, 0.717) is 10.8 Å². The van der Waals surface area contributed by atoms with Gasteiger partial charge in [0.05, 0.1) is 10.5 Å². The van der Waals surface area contributed by atoms with E-state index in [1.807, 2.05) is 20.3 Å². The smallest absolute Gasteiger partial charge is 0.266 e. The van der Waals surface area contributed by atoms with Crippen molar-refractivity contribution >= 4 is 50.4 Å². The van der Waals surface area contributed by atoms with Gasteiger partial charge < -0.3 is 4.74 Å². The molecule has 0 bridgehead atoms. The first-order valence-electron chi connectivity index (χ1n) is 8.38. The molecule has 5 nitrogen and oxygen atoms in total. The van der Waals surface area contributed by atoms with Gasteiger partial charge in [-0.25, -0.2) is 17.8 Å². The van der Waals surface area contributed by atoms with Crippen molar-refractivity contribution in [3.63, 3.8) is 0 Å². The molecule has 1 unspecified atom stereocenters. The van der Waals surface area contributed by atoms with Crippen LogP contribution in [-0.2, 0) is 10.0 Å². The van der Waals surface area contributed by atoms with E-state index in [-0.39, 0.29) is 22.5 Å². The van der Waals surface area contributed by atoms with Gasteiger partial charge in [0.25, 0.3) is 10.0 Å². The lowest BCUT2D eigenvalue weighted by Crippen LogP contribution is -2.15. The zero-order valence-corrected chi connectivity index (χ0v) is 18.5. The number of benzene rings is 2. The number of thiazole rings is 1. The van der Waals surface area contributed by atoms with Crippen LogP contribution < -0.4 is 9.46 Å². The molecule has 0 amide bonds. The molecule has 0 saturated carbocycles. The van der Waals surface area contributed by atoms with Gasteiger partial charge in [-0.3, -0.25) is 4.72 Å². The van der Waals surface area contributed by atoms with Gasteiger partial charge in [0.15, 0.2) is 5.82 Å². The van der Waals surface area contributed by atoms with E-state index in [2.05, 4.69) is 9.71 Å². The Morgan fingerprint density at radius 1 is 1.24 bits per heavy atom. The van der Waals surface area contributed by atoms with E-state index in [1.165, 1.54) is 22.2 Å². The van der Waals surface area contributed by atoms with Crippen molar-refractivity contribution in [3.8, 4) is 11.5 Å². The zero-order chi connectivity index (χ0) is 21.2. The zero-order valence-electron chi connectivity index (χ0n) is 15.3. The second kappa shape index (κ2) is 8.87. The number of sulfonamides is 1. The van der Waals surface area contributed by atoms with Gasteiger partial charge in [0, 0.05) is 16.5 Å². The SMILES string of the molecule is C[CH]C(C)c1cc(Cl)ccc1Oc1cc(F)c(S(=O)(=O)Nc2cscn2)cc1Cl. The van der Waals surface area contributed by atoms with Gasteiger partial charge in [-0.2, -0.15) is 0 Å². The summed E-state index contributed by atoms with van der Waals surface area (Å²) in [5, 5.41) is 1.97. The van der Waals surface area contributed by atoms with Gasteiger partial charge in [-0.05, 0) is 42.2 Å². The Morgan fingerprint density at radius 3 is 2.66 bits per heavy atom. The van der Waals surface area contributed by atoms with Crippen LogP contribution in [0.15, 0.2) is 46.1 Å². The van der Waals surface area contributed by atoms with E-state index in [9.17, 15) is 12.8 Å². The molecule has 0 aliphatic rings. The summed E-state index contributed by atoms with van der Waals surface area (Å²) in [5.74, 6) is -0.449. The summed E-state index contributed by atoms with van der Waals surface area (Å²) >= 11 is 13.5. The van der Waals surface area contributed by atoms with Crippen LogP contribution >= 0.6 is 34.5 Å². The second-order valence-electron chi connectivity index (χ2n) is 6.10. The van der Waals surface area contributed by atoms with Crippen LogP contribution in [0.5, 0.6) is 11.5 Å². The van der Waals surface area contributed by atoms with Crippen molar-refractivity contribution < 1.29 is 17.5 Å². The Kier molecular flexibility index (Phi) is 6.68. The number of nitrogens with zero attached hydrogens (tertiary/aromatic N) is 1. The highest BCUT2D eigenvalue weighted by Gasteiger charge is 2.23. The molecule has 3 rings (SSSR count). The fraction of sp³-hybridized carbons (Fsp3) is 0.158. The van der Waals surface area contributed by atoms with Crippen LogP contribution in [0.3, 0.4) is 0 Å². The van der Waals surface area contributed by atoms with Crippen molar-refractivity contribution in [2.45, 2.75) is 24.7 Å². The fourth-order valence-corrected chi connectivity index (χ4v) is 4.61. The van der Waals surface area contributed by atoms with Gasteiger partial charge in [-0.1, -0.05) is 37.0 Å². The van der Waals surface area contributed by atoms with Gasteiger partial charge in [0.2, 0.25) is 0 Å². The Morgan fingerprint density at radius 2 is 2.00 bits per heavy atom. The maximum absolute atomic E-state index is 14.6. The largest absolute Gasteiger partial charge is 0.455 e. The number of nitrogens with one attached hydrogen (secondary N) is 1.